The summed E-state index contributed by atoms with van der Waals surface area (Å²) in [6.45, 7) is 1.62. The number of nitrogens with zero attached hydrogens (tertiary/aromatic N) is 2. The maximum Gasteiger partial charge on any atom is 0.296 e. The van der Waals surface area contributed by atoms with Crippen molar-refractivity contribution in [2.45, 2.75) is 24.4 Å². The molecular formula is C15H20N4O3S. The fourth-order valence-corrected chi connectivity index (χ4v) is 5.66. The number of hydrogen-bond donors (Lipinski definition) is 2. The van der Waals surface area contributed by atoms with Crippen LogP contribution in [0.4, 0.5) is 6.01 Å². The van der Waals surface area contributed by atoms with Crippen molar-refractivity contribution in [1.29, 1.82) is 0 Å². The van der Waals surface area contributed by atoms with Gasteiger partial charge in [-0.3, -0.25) is 0 Å². The zero-order valence-corrected chi connectivity index (χ0v) is 13.8. The first kappa shape index (κ1) is 14.9. The number of anilines is 1. The van der Waals surface area contributed by atoms with Crippen molar-refractivity contribution < 1.29 is 12.8 Å². The predicted molar refractivity (Wildman–Crippen MR) is 87.8 cm³/mol. The second kappa shape index (κ2) is 5.19. The van der Waals surface area contributed by atoms with Crippen molar-refractivity contribution in [3.63, 3.8) is 0 Å². The molecule has 1 aromatic heterocycles. The minimum absolute atomic E-state index is 0.0717. The van der Waals surface area contributed by atoms with E-state index in [0.717, 1.165) is 31.4 Å². The summed E-state index contributed by atoms with van der Waals surface area (Å²) in [5, 5.41) is 6.55. The van der Waals surface area contributed by atoms with Crippen LogP contribution in [-0.2, 0) is 10.0 Å². The molecule has 1 atom stereocenters. The topological polar surface area (TPSA) is 87.5 Å². The molecule has 0 bridgehead atoms. The molecule has 2 saturated heterocycles. The highest BCUT2D eigenvalue weighted by atomic mass is 32.2. The van der Waals surface area contributed by atoms with Crippen LogP contribution in [-0.4, -0.2) is 55.2 Å². The van der Waals surface area contributed by atoms with Gasteiger partial charge in [0.1, 0.15) is 5.52 Å². The molecule has 7 nitrogen and oxygen atoms in total. The van der Waals surface area contributed by atoms with E-state index in [0.29, 0.717) is 11.6 Å². The van der Waals surface area contributed by atoms with E-state index in [1.807, 2.05) is 24.3 Å². The molecule has 1 unspecified atom stereocenters. The van der Waals surface area contributed by atoms with Crippen LogP contribution < -0.4 is 10.6 Å². The van der Waals surface area contributed by atoms with Gasteiger partial charge in [-0.05, 0) is 38.1 Å². The summed E-state index contributed by atoms with van der Waals surface area (Å²) >= 11 is 0. The third-order valence-electron chi connectivity index (χ3n) is 5.13. The number of benzene rings is 1. The SMILES string of the molecule is CN1C2(CCNCC2)C(Nc2nc3ccccc3o2)CS1(=O)=O. The fraction of sp³-hybridized carbons (Fsp3) is 0.533. The highest BCUT2D eigenvalue weighted by molar-refractivity contribution is 7.89. The van der Waals surface area contributed by atoms with E-state index in [9.17, 15) is 8.42 Å². The number of likely N-dealkylation sites (N-methyl/N-ethyl adjacent to an activating group) is 1. The Morgan fingerprint density at radius 2 is 2.09 bits per heavy atom. The van der Waals surface area contributed by atoms with Crippen LogP contribution in [0.2, 0.25) is 0 Å². The van der Waals surface area contributed by atoms with Gasteiger partial charge in [0.2, 0.25) is 10.0 Å². The summed E-state index contributed by atoms with van der Waals surface area (Å²) in [6, 6.07) is 7.68. The van der Waals surface area contributed by atoms with Crippen LogP contribution >= 0.6 is 0 Å². The maximum absolute atomic E-state index is 12.4. The number of oxazole rings is 1. The Kier molecular flexibility index (Phi) is 3.36. The minimum atomic E-state index is -3.26. The van der Waals surface area contributed by atoms with Crippen LogP contribution in [0, 0.1) is 0 Å². The van der Waals surface area contributed by atoms with Crippen molar-refractivity contribution in [2.24, 2.45) is 0 Å². The summed E-state index contributed by atoms with van der Waals surface area (Å²) < 4.78 is 32.1. The minimum Gasteiger partial charge on any atom is -0.424 e. The van der Waals surface area contributed by atoms with E-state index in [4.69, 9.17) is 4.42 Å². The molecule has 2 aromatic rings. The second-order valence-electron chi connectivity index (χ2n) is 6.28. The van der Waals surface area contributed by atoms with E-state index in [1.165, 1.54) is 0 Å². The van der Waals surface area contributed by atoms with Crippen LogP contribution in [0.15, 0.2) is 28.7 Å². The van der Waals surface area contributed by atoms with Gasteiger partial charge in [0, 0.05) is 7.05 Å². The monoisotopic (exact) mass is 336 g/mol. The first-order valence-electron chi connectivity index (χ1n) is 7.81. The largest absolute Gasteiger partial charge is 0.424 e. The molecule has 8 heteroatoms. The lowest BCUT2D eigenvalue weighted by molar-refractivity contribution is 0.162. The first-order chi connectivity index (χ1) is 11.0. The molecular weight excluding hydrogens is 316 g/mol. The lowest BCUT2D eigenvalue weighted by atomic mass is 9.82. The summed E-state index contributed by atoms with van der Waals surface area (Å²) in [5.41, 5.74) is 1.05. The summed E-state index contributed by atoms with van der Waals surface area (Å²) in [7, 11) is -1.57. The summed E-state index contributed by atoms with van der Waals surface area (Å²) in [5.74, 6) is 0.0717. The van der Waals surface area contributed by atoms with Gasteiger partial charge in [-0.25, -0.2) is 8.42 Å². The predicted octanol–water partition coefficient (Wildman–Crippen LogP) is 1.01. The zero-order chi connectivity index (χ0) is 16.1. The number of rotatable bonds is 2. The summed E-state index contributed by atoms with van der Waals surface area (Å²) in [4.78, 5) is 4.42. The lowest BCUT2D eigenvalue weighted by Crippen LogP contribution is -2.57. The molecule has 1 spiro atoms. The highest BCUT2D eigenvalue weighted by Crippen LogP contribution is 2.39. The Morgan fingerprint density at radius 1 is 1.35 bits per heavy atom. The van der Waals surface area contributed by atoms with Crippen molar-refractivity contribution >= 4 is 27.1 Å². The molecule has 2 N–H and O–H groups in total. The van der Waals surface area contributed by atoms with E-state index in [2.05, 4.69) is 15.6 Å². The van der Waals surface area contributed by atoms with E-state index < -0.39 is 15.6 Å². The van der Waals surface area contributed by atoms with Gasteiger partial charge < -0.3 is 15.1 Å². The molecule has 2 aliphatic rings. The van der Waals surface area contributed by atoms with Crippen molar-refractivity contribution in [3.05, 3.63) is 24.3 Å². The molecule has 124 valence electrons. The molecule has 2 fully saturated rings. The first-order valence-corrected chi connectivity index (χ1v) is 9.42. The number of nitrogens with one attached hydrogen (secondary N) is 2. The van der Waals surface area contributed by atoms with Gasteiger partial charge in [0.05, 0.1) is 17.3 Å². The highest BCUT2D eigenvalue weighted by Gasteiger charge is 2.55. The number of para-hydroxylation sites is 2. The molecule has 3 heterocycles. The average Bonchev–Trinajstić information content (AvgIpc) is 3.02. The zero-order valence-electron chi connectivity index (χ0n) is 12.9. The van der Waals surface area contributed by atoms with Gasteiger partial charge >= 0.3 is 0 Å². The second-order valence-corrected chi connectivity index (χ2v) is 8.33. The van der Waals surface area contributed by atoms with E-state index in [-0.39, 0.29) is 11.8 Å². The maximum atomic E-state index is 12.4. The van der Waals surface area contributed by atoms with Gasteiger partial charge in [0.15, 0.2) is 5.58 Å². The van der Waals surface area contributed by atoms with Gasteiger partial charge in [-0.15, -0.1) is 0 Å². The molecule has 1 aromatic carbocycles. The van der Waals surface area contributed by atoms with Gasteiger partial charge in [0.25, 0.3) is 6.01 Å². The van der Waals surface area contributed by atoms with Crippen LogP contribution in [0.3, 0.4) is 0 Å². The molecule has 4 rings (SSSR count). The standard InChI is InChI=1S/C15H20N4O3S/c1-19-15(6-8-16-9-7-15)13(10-23(19,20)21)18-14-17-11-4-2-3-5-12(11)22-14/h2-5,13,16H,6-10H2,1H3,(H,17,18). The molecule has 0 amide bonds. The van der Waals surface area contributed by atoms with Crippen LogP contribution in [0.25, 0.3) is 11.1 Å². The number of fused-ring (bicyclic) bond motifs is 1. The van der Waals surface area contributed by atoms with Gasteiger partial charge in [-0.1, -0.05) is 12.1 Å². The van der Waals surface area contributed by atoms with Gasteiger partial charge in [-0.2, -0.15) is 9.29 Å². The quantitative estimate of drug-likeness (QED) is 0.851. The van der Waals surface area contributed by atoms with E-state index in [1.54, 1.807) is 11.4 Å². The fourth-order valence-electron chi connectivity index (χ4n) is 3.76. The molecule has 23 heavy (non-hydrogen) atoms. The van der Waals surface area contributed by atoms with Crippen molar-refractivity contribution in [2.75, 3.05) is 31.2 Å². The molecule has 0 radical (unpaired) electrons. The number of sulfonamides is 1. The third-order valence-corrected chi connectivity index (χ3v) is 7.08. The smallest absolute Gasteiger partial charge is 0.296 e. The number of aromatic nitrogens is 1. The Labute approximate surface area is 135 Å². The average molecular weight is 336 g/mol. The Morgan fingerprint density at radius 3 is 2.83 bits per heavy atom. The lowest BCUT2D eigenvalue weighted by Gasteiger charge is -2.42. The normalized spacial score (nSPS) is 26.7. The number of hydrogen-bond acceptors (Lipinski definition) is 6. The van der Waals surface area contributed by atoms with Crippen molar-refractivity contribution in [3.8, 4) is 0 Å². The molecule has 2 aliphatic heterocycles. The van der Waals surface area contributed by atoms with Crippen LogP contribution in [0.1, 0.15) is 12.8 Å². The Bertz CT molecular complexity index is 793. The Balaban J connectivity index is 1.68. The van der Waals surface area contributed by atoms with E-state index >= 15 is 0 Å². The summed E-state index contributed by atoms with van der Waals surface area (Å²) in [6.07, 6.45) is 1.56. The molecule has 0 aliphatic carbocycles. The number of piperidine rings is 1. The molecule has 0 saturated carbocycles. The Hall–Kier alpha value is -1.64. The van der Waals surface area contributed by atoms with Crippen LogP contribution in [0.5, 0.6) is 0 Å². The third kappa shape index (κ3) is 2.32. The van der Waals surface area contributed by atoms with Crippen molar-refractivity contribution in [1.82, 2.24) is 14.6 Å².